The van der Waals surface area contributed by atoms with E-state index < -0.39 is 0 Å². The summed E-state index contributed by atoms with van der Waals surface area (Å²) in [4.78, 5) is 13.8. The molecule has 4 heteroatoms. The highest BCUT2D eigenvalue weighted by Crippen LogP contribution is 2.19. The van der Waals surface area contributed by atoms with Gasteiger partial charge in [-0.1, -0.05) is 30.3 Å². The van der Waals surface area contributed by atoms with Crippen molar-refractivity contribution < 1.29 is 14.3 Å². The van der Waals surface area contributed by atoms with E-state index in [2.05, 4.69) is 0 Å². The molecular formula is C15H19NO3. The van der Waals surface area contributed by atoms with E-state index in [0.29, 0.717) is 6.61 Å². The number of rotatable bonds is 4. The van der Waals surface area contributed by atoms with Crippen molar-refractivity contribution in [3.05, 3.63) is 48.2 Å². The molecule has 0 aromatic heterocycles. The van der Waals surface area contributed by atoms with Crippen molar-refractivity contribution in [2.75, 3.05) is 13.7 Å². The van der Waals surface area contributed by atoms with Gasteiger partial charge in [0.05, 0.1) is 19.4 Å². The molecule has 2 rings (SSSR count). The zero-order valence-electron chi connectivity index (χ0n) is 11.1. The molecule has 0 unspecified atom stereocenters. The van der Waals surface area contributed by atoms with Gasteiger partial charge in [-0.25, -0.2) is 4.79 Å². The molecule has 1 saturated heterocycles. The maximum Gasteiger partial charge on any atom is 0.410 e. The predicted octanol–water partition coefficient (Wildman–Crippen LogP) is 2.95. The number of methoxy groups -OCH3 is 1. The highest BCUT2D eigenvalue weighted by Gasteiger charge is 2.28. The van der Waals surface area contributed by atoms with Gasteiger partial charge >= 0.3 is 6.09 Å². The van der Waals surface area contributed by atoms with E-state index in [1.165, 1.54) is 0 Å². The summed E-state index contributed by atoms with van der Waals surface area (Å²) in [5.41, 5.74) is 0.999. The van der Waals surface area contributed by atoms with Crippen LogP contribution in [0.15, 0.2) is 42.7 Å². The maximum absolute atomic E-state index is 12.0. The second-order valence-electron chi connectivity index (χ2n) is 4.51. The van der Waals surface area contributed by atoms with Gasteiger partial charge in [-0.15, -0.1) is 0 Å². The fraction of sp³-hybridized carbons (Fsp3) is 0.400. The number of nitrogens with zero attached hydrogens (tertiary/aromatic N) is 1. The maximum atomic E-state index is 12.0. The van der Waals surface area contributed by atoms with Crippen LogP contribution in [0, 0.1) is 0 Å². The number of benzene rings is 1. The Labute approximate surface area is 113 Å². The highest BCUT2D eigenvalue weighted by molar-refractivity contribution is 5.68. The first-order valence-corrected chi connectivity index (χ1v) is 6.48. The van der Waals surface area contributed by atoms with Crippen LogP contribution >= 0.6 is 0 Å². The van der Waals surface area contributed by atoms with Crippen LogP contribution in [0.25, 0.3) is 0 Å². The minimum Gasteiger partial charge on any atom is -0.505 e. The standard InChI is InChI=1S/C15H19NO3/c1-18-11-9-14-8-5-10-16(14)15(17)19-12-13-6-3-2-4-7-13/h2-4,6-7,9,11,14H,5,8,10,12H2,1H3/b11-9+/t14-/m0/s1. The van der Waals surface area contributed by atoms with Crippen LogP contribution in [0.3, 0.4) is 0 Å². The summed E-state index contributed by atoms with van der Waals surface area (Å²) >= 11 is 0. The Kier molecular flexibility index (Phi) is 4.84. The van der Waals surface area contributed by atoms with Gasteiger partial charge in [0.2, 0.25) is 0 Å². The second-order valence-corrected chi connectivity index (χ2v) is 4.51. The average Bonchev–Trinajstić information content (AvgIpc) is 2.92. The quantitative estimate of drug-likeness (QED) is 0.782. The molecule has 4 nitrogen and oxygen atoms in total. The van der Waals surface area contributed by atoms with Gasteiger partial charge in [0.1, 0.15) is 6.61 Å². The third-order valence-electron chi connectivity index (χ3n) is 3.18. The monoisotopic (exact) mass is 261 g/mol. The molecule has 1 aromatic rings. The number of amides is 1. The normalized spacial score (nSPS) is 18.8. The minimum atomic E-state index is -0.257. The molecule has 1 heterocycles. The summed E-state index contributed by atoms with van der Waals surface area (Å²) in [6, 6.07) is 9.78. The lowest BCUT2D eigenvalue weighted by molar-refractivity contribution is 0.0972. The fourth-order valence-corrected chi connectivity index (χ4v) is 2.19. The molecule has 0 spiro atoms. The summed E-state index contributed by atoms with van der Waals surface area (Å²) in [7, 11) is 1.60. The van der Waals surface area contributed by atoms with Crippen LogP contribution in [-0.2, 0) is 16.1 Å². The highest BCUT2D eigenvalue weighted by atomic mass is 16.6. The first-order valence-electron chi connectivity index (χ1n) is 6.48. The Balaban J connectivity index is 1.87. The topological polar surface area (TPSA) is 38.8 Å². The number of hydrogen-bond acceptors (Lipinski definition) is 3. The van der Waals surface area contributed by atoms with Crippen molar-refractivity contribution in [3.63, 3.8) is 0 Å². The van der Waals surface area contributed by atoms with Gasteiger partial charge < -0.3 is 14.4 Å². The molecule has 1 aliphatic rings. The number of ether oxygens (including phenoxy) is 2. The van der Waals surface area contributed by atoms with Crippen molar-refractivity contribution in [2.45, 2.75) is 25.5 Å². The first kappa shape index (κ1) is 13.5. The third kappa shape index (κ3) is 3.74. The Morgan fingerprint density at radius 1 is 1.42 bits per heavy atom. The van der Waals surface area contributed by atoms with Crippen LogP contribution in [0.5, 0.6) is 0 Å². The number of likely N-dealkylation sites (tertiary alicyclic amines) is 1. The zero-order chi connectivity index (χ0) is 13.5. The van der Waals surface area contributed by atoms with Crippen LogP contribution < -0.4 is 0 Å². The third-order valence-corrected chi connectivity index (χ3v) is 3.18. The number of carbonyl (C=O) groups is 1. The van der Waals surface area contributed by atoms with E-state index >= 15 is 0 Å². The molecule has 0 saturated carbocycles. The largest absolute Gasteiger partial charge is 0.505 e. The SMILES string of the molecule is CO/C=C/[C@@H]1CCCN1C(=O)OCc1ccccc1. The van der Waals surface area contributed by atoms with Gasteiger partial charge in [0, 0.05) is 6.54 Å². The van der Waals surface area contributed by atoms with Crippen LogP contribution in [0.4, 0.5) is 4.79 Å². The van der Waals surface area contributed by atoms with Gasteiger partial charge in [-0.3, -0.25) is 0 Å². The van der Waals surface area contributed by atoms with Crippen molar-refractivity contribution in [1.82, 2.24) is 4.90 Å². The molecule has 0 N–H and O–H groups in total. The van der Waals surface area contributed by atoms with E-state index in [9.17, 15) is 4.79 Å². The molecule has 0 bridgehead atoms. The van der Waals surface area contributed by atoms with Gasteiger partial charge in [0.25, 0.3) is 0 Å². The fourth-order valence-electron chi connectivity index (χ4n) is 2.19. The molecule has 102 valence electrons. The first-order chi connectivity index (χ1) is 9.31. The summed E-state index contributed by atoms with van der Waals surface area (Å²) in [6.07, 6.45) is 5.22. The summed E-state index contributed by atoms with van der Waals surface area (Å²) < 4.78 is 10.2. The molecule has 1 atom stereocenters. The van der Waals surface area contributed by atoms with Crippen molar-refractivity contribution in [1.29, 1.82) is 0 Å². The van der Waals surface area contributed by atoms with E-state index in [1.807, 2.05) is 36.4 Å². The van der Waals surface area contributed by atoms with Crippen LogP contribution in [0.1, 0.15) is 18.4 Å². The zero-order valence-corrected chi connectivity index (χ0v) is 11.1. The summed E-state index contributed by atoms with van der Waals surface area (Å²) in [5, 5.41) is 0. The molecule has 1 aromatic carbocycles. The molecule has 1 amide bonds. The van der Waals surface area contributed by atoms with E-state index in [0.717, 1.165) is 24.9 Å². The molecule has 0 radical (unpaired) electrons. The van der Waals surface area contributed by atoms with Gasteiger partial charge in [-0.05, 0) is 24.5 Å². The van der Waals surface area contributed by atoms with E-state index in [-0.39, 0.29) is 12.1 Å². The minimum absolute atomic E-state index is 0.0863. The lowest BCUT2D eigenvalue weighted by Gasteiger charge is -2.21. The molecule has 1 fully saturated rings. The molecule has 19 heavy (non-hydrogen) atoms. The molecular weight excluding hydrogens is 242 g/mol. The van der Waals surface area contributed by atoms with Gasteiger partial charge in [-0.2, -0.15) is 0 Å². The van der Waals surface area contributed by atoms with Crippen LogP contribution in [-0.4, -0.2) is 30.7 Å². The second kappa shape index (κ2) is 6.83. The Hall–Kier alpha value is -1.97. The Morgan fingerprint density at radius 2 is 2.21 bits per heavy atom. The summed E-state index contributed by atoms with van der Waals surface area (Å²) in [5.74, 6) is 0. The smallest absolute Gasteiger partial charge is 0.410 e. The Bertz CT molecular complexity index is 430. The lowest BCUT2D eigenvalue weighted by atomic mass is 10.2. The van der Waals surface area contributed by atoms with Crippen LogP contribution in [0.2, 0.25) is 0 Å². The van der Waals surface area contributed by atoms with Crippen molar-refractivity contribution in [2.24, 2.45) is 0 Å². The lowest BCUT2D eigenvalue weighted by Crippen LogP contribution is -2.34. The average molecular weight is 261 g/mol. The van der Waals surface area contributed by atoms with Gasteiger partial charge in [0.15, 0.2) is 0 Å². The molecule has 1 aliphatic heterocycles. The van der Waals surface area contributed by atoms with E-state index in [1.54, 1.807) is 18.3 Å². The number of hydrogen-bond donors (Lipinski definition) is 0. The summed E-state index contributed by atoms with van der Waals surface area (Å²) in [6.45, 7) is 1.06. The van der Waals surface area contributed by atoms with Crippen molar-refractivity contribution in [3.8, 4) is 0 Å². The predicted molar refractivity (Wildman–Crippen MR) is 72.5 cm³/mol. The van der Waals surface area contributed by atoms with E-state index in [4.69, 9.17) is 9.47 Å². The Morgan fingerprint density at radius 3 is 2.95 bits per heavy atom. The van der Waals surface area contributed by atoms with Crippen molar-refractivity contribution >= 4 is 6.09 Å². The number of carbonyl (C=O) groups excluding carboxylic acids is 1. The molecule has 0 aliphatic carbocycles.